The maximum absolute atomic E-state index is 14.9. The van der Waals surface area contributed by atoms with Crippen LogP contribution in [0.4, 0.5) is 0 Å². The Kier molecular flexibility index (Phi) is 27.8. The Labute approximate surface area is 633 Å². The van der Waals surface area contributed by atoms with Gasteiger partial charge in [0, 0.05) is 0 Å². The van der Waals surface area contributed by atoms with Crippen LogP contribution in [-0.2, 0) is 80.6 Å². The predicted octanol–water partition coefficient (Wildman–Crippen LogP) is -13.8. The maximum Gasteiger partial charge on any atom is 0.314 e. The Balaban J connectivity index is 0.731. The summed E-state index contributed by atoms with van der Waals surface area (Å²) in [5, 5.41) is 283. The number of carbonyl (C=O) groups excluding carboxylic acids is 1. The molecule has 2 bridgehead atoms. The van der Waals surface area contributed by atoms with Crippen LogP contribution in [0, 0.1) is 28.1 Å². The lowest BCUT2D eigenvalue weighted by Crippen LogP contribution is -2.69. The molecule has 8 heterocycles. The fourth-order valence-corrected chi connectivity index (χ4v) is 19.3. The highest BCUT2D eigenvalue weighted by Gasteiger charge is 2.70. The number of fused-ring (bicyclic) bond motifs is 3. The van der Waals surface area contributed by atoms with Gasteiger partial charge in [0.2, 0.25) is 6.29 Å². The zero-order valence-electron chi connectivity index (χ0n) is 60.5. The van der Waals surface area contributed by atoms with Crippen molar-refractivity contribution in [2.24, 2.45) is 28.1 Å². The van der Waals surface area contributed by atoms with Crippen molar-refractivity contribution in [3.63, 3.8) is 0 Å². The smallest absolute Gasteiger partial charge is 0.314 e. The molecule has 0 radical (unpaired) electrons. The third-order valence-corrected chi connectivity index (χ3v) is 25.5. The molecule has 46 atom stereocenters. The number of hydrogen-bond acceptors (Lipinski definition) is 43. The van der Waals surface area contributed by atoms with Crippen LogP contribution in [0.25, 0.3) is 0 Å². The van der Waals surface area contributed by atoms with Crippen molar-refractivity contribution in [1.29, 1.82) is 0 Å². The molecular formula is C68H110O43. The number of hydrogen-bond donors (Lipinski definition) is 26. The molecule has 0 aromatic heterocycles. The van der Waals surface area contributed by atoms with E-state index in [0.29, 0.717) is 50.5 Å². The summed E-state index contributed by atoms with van der Waals surface area (Å²) in [6.45, 7) is 0.965. The molecule has 26 N–H and O–H groups in total. The zero-order chi connectivity index (χ0) is 80.7. The van der Waals surface area contributed by atoms with Crippen molar-refractivity contribution >= 4 is 5.97 Å². The number of rotatable bonds is 24. The molecule has 4 aliphatic carbocycles. The van der Waals surface area contributed by atoms with Crippen LogP contribution < -0.4 is 0 Å². The number of esters is 1. The number of carbonyl (C=O) groups is 1. The van der Waals surface area contributed by atoms with E-state index in [0.717, 1.165) is 0 Å². The number of ether oxygens (including phenoxy) is 16. The molecule has 8 saturated heterocycles. The van der Waals surface area contributed by atoms with Gasteiger partial charge < -0.3 is 209 Å². The summed E-state index contributed by atoms with van der Waals surface area (Å²) in [5.74, 6) is -1.32. The molecule has 12 fully saturated rings. The van der Waals surface area contributed by atoms with Crippen LogP contribution in [0.2, 0.25) is 0 Å². The quantitative estimate of drug-likeness (QED) is 0.0242. The van der Waals surface area contributed by atoms with Crippen molar-refractivity contribution in [3.05, 3.63) is 12.2 Å². The normalized spacial score (nSPS) is 54.4. The van der Waals surface area contributed by atoms with E-state index in [1.807, 2.05) is 0 Å². The van der Waals surface area contributed by atoms with Crippen LogP contribution in [0.15, 0.2) is 12.2 Å². The van der Waals surface area contributed by atoms with Crippen molar-refractivity contribution in [3.8, 4) is 0 Å². The van der Waals surface area contributed by atoms with Crippen LogP contribution in [0.1, 0.15) is 71.6 Å². The molecule has 0 aromatic carbocycles. The van der Waals surface area contributed by atoms with E-state index in [1.54, 1.807) is 6.92 Å². The molecule has 4 saturated carbocycles. The minimum atomic E-state index is -2.32. The van der Waals surface area contributed by atoms with Crippen molar-refractivity contribution in [1.82, 2.24) is 0 Å². The molecule has 12 rings (SSSR count). The molecule has 43 nitrogen and oxygen atoms in total. The third-order valence-electron chi connectivity index (χ3n) is 25.5. The van der Waals surface area contributed by atoms with Gasteiger partial charge in [-0.15, -0.1) is 0 Å². The van der Waals surface area contributed by atoms with Gasteiger partial charge in [-0.05, 0) is 86.5 Å². The topological polar surface area (TPSA) is 691 Å². The van der Waals surface area contributed by atoms with E-state index < -0.39 is 326 Å². The predicted molar refractivity (Wildman–Crippen MR) is 350 cm³/mol. The average molecular weight is 1620 g/mol. The molecule has 1 spiro atoms. The average Bonchev–Trinajstić information content (AvgIpc) is 1.57. The van der Waals surface area contributed by atoms with E-state index in [-0.39, 0.29) is 24.7 Å². The summed E-state index contributed by atoms with van der Waals surface area (Å²) in [6.07, 6.45) is -72.9. The summed E-state index contributed by atoms with van der Waals surface area (Å²) in [6, 6.07) is 0. The monoisotopic (exact) mass is 1610 g/mol. The number of aliphatic hydroxyl groups excluding tert-OH is 26. The first-order chi connectivity index (χ1) is 52.5. The Morgan fingerprint density at radius 2 is 0.703 bits per heavy atom. The minimum absolute atomic E-state index is 0.157. The van der Waals surface area contributed by atoms with E-state index in [2.05, 4.69) is 13.5 Å². The van der Waals surface area contributed by atoms with Gasteiger partial charge in [0.15, 0.2) is 44.0 Å². The lowest BCUT2D eigenvalue weighted by Gasteiger charge is -2.64. The molecule has 43 heteroatoms. The largest absolute Gasteiger partial charge is 0.432 e. The van der Waals surface area contributed by atoms with Gasteiger partial charge in [0.1, 0.15) is 195 Å². The second kappa shape index (κ2) is 35.1. The summed E-state index contributed by atoms with van der Waals surface area (Å²) >= 11 is 0. The number of aliphatic hydroxyl groups is 26. The lowest BCUT2D eigenvalue weighted by atomic mass is 9.41. The summed E-state index contributed by atoms with van der Waals surface area (Å²) < 4.78 is 94.8. The first kappa shape index (κ1) is 87.9. The van der Waals surface area contributed by atoms with Crippen molar-refractivity contribution < 1.29 is 213 Å². The van der Waals surface area contributed by atoms with Crippen LogP contribution >= 0.6 is 0 Å². The second-order valence-corrected chi connectivity index (χ2v) is 32.1. The van der Waals surface area contributed by atoms with E-state index in [9.17, 15) is 138 Å². The first-order valence-corrected chi connectivity index (χ1v) is 37.4. The van der Waals surface area contributed by atoms with Gasteiger partial charge in [-0.2, -0.15) is 0 Å². The lowest BCUT2D eigenvalue weighted by molar-refractivity contribution is -0.407. The highest BCUT2D eigenvalue weighted by molar-refractivity contribution is 5.77. The fraction of sp³-hybridized carbons (Fsp3) is 0.956. The van der Waals surface area contributed by atoms with Gasteiger partial charge >= 0.3 is 5.97 Å². The molecule has 12 aliphatic rings. The molecule has 640 valence electrons. The second-order valence-electron chi connectivity index (χ2n) is 32.1. The molecule has 0 amide bonds. The van der Waals surface area contributed by atoms with Gasteiger partial charge in [-0.1, -0.05) is 19.9 Å². The van der Waals surface area contributed by atoms with Gasteiger partial charge in [-0.3, -0.25) is 4.79 Å². The van der Waals surface area contributed by atoms with Crippen LogP contribution in [0.3, 0.4) is 0 Å². The van der Waals surface area contributed by atoms with Gasteiger partial charge in [0.25, 0.3) is 0 Å². The van der Waals surface area contributed by atoms with Crippen LogP contribution in [0.5, 0.6) is 0 Å². The van der Waals surface area contributed by atoms with E-state index in [4.69, 9.17) is 75.8 Å². The van der Waals surface area contributed by atoms with Crippen LogP contribution in [-0.4, -0.2) is 443 Å². The SMILES string of the molecule is C=C1C[C@@]23CCC4[C@](C)(C(=O)OC5OC(COC6OC(CO)C(O)C(O)C6O)C(O)C(O)C5O)CCC[C@@]4(C)[C@@H]2CC[C@]1(OC1OC(CO)C(O)C(OC2OC(CO)C(OC4OC(CO)C(OC5OC(CO)C(OC6OC(CO)C(O)C(O)C6O)C(O)C5O)C(O)C4O)C(O)C2O)C1OC1OC(CO)C(O)C(O)C1O)C3. The Morgan fingerprint density at radius 1 is 0.360 bits per heavy atom. The van der Waals surface area contributed by atoms with Gasteiger partial charge in [-0.25, -0.2) is 0 Å². The summed E-state index contributed by atoms with van der Waals surface area (Å²) in [7, 11) is 0. The Morgan fingerprint density at radius 3 is 1.14 bits per heavy atom. The zero-order valence-corrected chi connectivity index (χ0v) is 60.5. The van der Waals surface area contributed by atoms with Crippen molar-refractivity contribution in [2.45, 2.75) is 323 Å². The highest BCUT2D eigenvalue weighted by atomic mass is 16.8. The van der Waals surface area contributed by atoms with Gasteiger partial charge in [0.05, 0.1) is 63.9 Å². The molecule has 8 aliphatic heterocycles. The molecule has 41 unspecified atom stereocenters. The fourth-order valence-electron chi connectivity index (χ4n) is 19.3. The third kappa shape index (κ3) is 16.1. The highest BCUT2D eigenvalue weighted by Crippen LogP contribution is 2.74. The summed E-state index contributed by atoms with van der Waals surface area (Å²) in [5.41, 5.74) is -3.27. The first-order valence-electron chi connectivity index (χ1n) is 37.4. The van der Waals surface area contributed by atoms with Crippen molar-refractivity contribution in [2.75, 3.05) is 52.9 Å². The molecule has 0 aromatic rings. The molecular weight excluding hydrogens is 1500 g/mol. The standard InChI is InChI=1S/C68H110O43/c1-21-11-67-9-5-30-65(2,7-4-8-66(30,3)64(95)110-62-47(91)40(84)35(79)29(104-62)19-96-56-44(88)37(81)32(76)22(12-69)97-56)31(67)6-10-68(21,20-67)111-63-55(109-58-46(90)39(83)34(78)24(14-71)99-58)54(36(80)25(15-72)100-63)108-61-50(94)43(87)53(28(18-75)103-61)107-60-49(93)42(86)52(27(17-74)102-60)106-59-48(92)41(85)51(26(16-73)101-59)105-57-45(89)38(82)33(77)23(13-70)98-57/h22-63,69-94H,1,4-20H2,2-3H3/t22?,23?,24?,25?,26?,27?,28?,29?,30?,31-,32?,33?,34?,35?,36?,37?,38?,39?,40?,41?,42?,43?,44?,45?,46?,47?,48?,49?,50?,51?,52?,53?,54?,55?,56?,57?,58?,59?,60?,61?,62?,63?,65+,66+,67+,68-/m0/s1. The molecule has 111 heavy (non-hydrogen) atoms. The minimum Gasteiger partial charge on any atom is -0.432 e. The Hall–Kier alpha value is -2.43. The maximum atomic E-state index is 14.9. The summed E-state index contributed by atoms with van der Waals surface area (Å²) in [4.78, 5) is 14.9. The Bertz CT molecular complexity index is 3050. The van der Waals surface area contributed by atoms with E-state index >= 15 is 0 Å². The van der Waals surface area contributed by atoms with E-state index in [1.165, 1.54) is 0 Å².